The highest BCUT2D eigenvalue weighted by atomic mass is 32.1. The summed E-state index contributed by atoms with van der Waals surface area (Å²) in [7, 11) is 0. The highest BCUT2D eigenvalue weighted by Crippen LogP contribution is 2.15. The van der Waals surface area contributed by atoms with Crippen molar-refractivity contribution in [2.45, 2.75) is 45.4 Å². The first-order chi connectivity index (χ1) is 7.38. The molecule has 1 aromatic rings. The van der Waals surface area contributed by atoms with Gasteiger partial charge in [0.25, 0.3) is 0 Å². The quantitative estimate of drug-likeness (QED) is 0.319. The molecule has 2 nitrogen and oxygen atoms in total. The fourth-order valence-corrected chi connectivity index (χ4v) is 2.30. The number of hydrogen-bond donors (Lipinski definition) is 1. The molecule has 0 spiro atoms. The highest BCUT2D eigenvalue weighted by molar-refractivity contribution is 7.12. The largest absolute Gasteiger partial charge is 0.411 e. The molecular formula is C12H19NOS. The zero-order valence-electron chi connectivity index (χ0n) is 9.28. The van der Waals surface area contributed by atoms with Crippen molar-refractivity contribution in [1.29, 1.82) is 0 Å². The van der Waals surface area contributed by atoms with Gasteiger partial charge in [0.05, 0.1) is 10.6 Å². The molecule has 0 aliphatic heterocycles. The van der Waals surface area contributed by atoms with Crippen LogP contribution in [0.2, 0.25) is 0 Å². The molecule has 1 rings (SSSR count). The van der Waals surface area contributed by atoms with Crippen LogP contribution in [0.4, 0.5) is 0 Å². The second-order valence-corrected chi connectivity index (χ2v) is 4.64. The lowest BCUT2D eigenvalue weighted by Crippen LogP contribution is -1.98. The average molecular weight is 225 g/mol. The van der Waals surface area contributed by atoms with E-state index in [4.69, 9.17) is 5.21 Å². The summed E-state index contributed by atoms with van der Waals surface area (Å²) in [4.78, 5) is 1.09. The minimum absolute atomic E-state index is 0.835. The van der Waals surface area contributed by atoms with E-state index in [0.717, 1.165) is 23.4 Å². The van der Waals surface area contributed by atoms with Crippen molar-refractivity contribution >= 4 is 17.0 Å². The fourth-order valence-electron chi connectivity index (χ4n) is 1.56. The van der Waals surface area contributed by atoms with Gasteiger partial charge in [-0.15, -0.1) is 11.3 Å². The molecule has 0 aliphatic rings. The Bertz CT molecular complexity index is 280. The summed E-state index contributed by atoms with van der Waals surface area (Å²) in [5, 5.41) is 14.3. The molecule has 0 unspecified atom stereocenters. The molecule has 0 radical (unpaired) electrons. The van der Waals surface area contributed by atoms with Crippen molar-refractivity contribution in [2.75, 3.05) is 0 Å². The zero-order valence-corrected chi connectivity index (χ0v) is 10.1. The summed E-state index contributed by atoms with van der Waals surface area (Å²) < 4.78 is 0. The van der Waals surface area contributed by atoms with E-state index in [1.54, 1.807) is 11.3 Å². The number of unbranched alkanes of at least 4 members (excludes halogenated alkanes) is 4. The van der Waals surface area contributed by atoms with E-state index >= 15 is 0 Å². The predicted octanol–water partition coefficient (Wildman–Crippen LogP) is 4.29. The number of thiophene rings is 1. The molecule has 0 atom stereocenters. The van der Waals surface area contributed by atoms with Gasteiger partial charge in [-0.3, -0.25) is 0 Å². The van der Waals surface area contributed by atoms with Gasteiger partial charge >= 0.3 is 0 Å². The molecule has 0 fully saturated rings. The van der Waals surface area contributed by atoms with E-state index in [1.807, 2.05) is 17.5 Å². The van der Waals surface area contributed by atoms with Crippen LogP contribution in [-0.4, -0.2) is 10.9 Å². The third-order valence-corrected chi connectivity index (χ3v) is 3.36. The van der Waals surface area contributed by atoms with Gasteiger partial charge in [-0.05, 0) is 24.3 Å². The molecular weight excluding hydrogens is 206 g/mol. The minimum Gasteiger partial charge on any atom is -0.411 e. The summed E-state index contributed by atoms with van der Waals surface area (Å²) in [5.41, 5.74) is 0.835. The molecule has 0 aromatic carbocycles. The Morgan fingerprint density at radius 1 is 1.33 bits per heavy atom. The zero-order chi connectivity index (χ0) is 10.9. The highest BCUT2D eigenvalue weighted by Gasteiger charge is 2.04. The van der Waals surface area contributed by atoms with Crippen molar-refractivity contribution in [3.63, 3.8) is 0 Å². The van der Waals surface area contributed by atoms with Crippen LogP contribution in [-0.2, 0) is 0 Å². The molecule has 1 aromatic heterocycles. The topological polar surface area (TPSA) is 32.6 Å². The summed E-state index contributed by atoms with van der Waals surface area (Å²) in [5.74, 6) is 0. The fraction of sp³-hybridized carbons (Fsp3) is 0.583. The van der Waals surface area contributed by atoms with Crippen LogP contribution in [0.1, 0.15) is 50.3 Å². The molecule has 0 amide bonds. The predicted molar refractivity (Wildman–Crippen MR) is 66.0 cm³/mol. The Labute approximate surface area is 95.6 Å². The summed E-state index contributed by atoms with van der Waals surface area (Å²) in [6.07, 6.45) is 7.12. The monoisotopic (exact) mass is 225 g/mol. The van der Waals surface area contributed by atoms with Crippen LogP contribution < -0.4 is 0 Å². The van der Waals surface area contributed by atoms with Crippen LogP contribution in [0.5, 0.6) is 0 Å². The van der Waals surface area contributed by atoms with E-state index in [0.29, 0.717) is 0 Å². The molecule has 1 heterocycles. The molecule has 1 N–H and O–H groups in total. The summed E-state index contributed by atoms with van der Waals surface area (Å²) >= 11 is 1.63. The van der Waals surface area contributed by atoms with Gasteiger partial charge < -0.3 is 5.21 Å². The van der Waals surface area contributed by atoms with Crippen LogP contribution in [0.25, 0.3) is 0 Å². The summed E-state index contributed by atoms with van der Waals surface area (Å²) in [6, 6.07) is 3.99. The van der Waals surface area contributed by atoms with Crippen LogP contribution >= 0.6 is 11.3 Å². The molecule has 0 aliphatic carbocycles. The van der Waals surface area contributed by atoms with Gasteiger partial charge in [-0.1, -0.05) is 43.8 Å². The number of rotatable bonds is 7. The molecule has 15 heavy (non-hydrogen) atoms. The number of hydrogen-bond acceptors (Lipinski definition) is 3. The Balaban J connectivity index is 2.24. The van der Waals surface area contributed by atoms with Crippen molar-refractivity contribution in [2.24, 2.45) is 5.16 Å². The van der Waals surface area contributed by atoms with Crippen molar-refractivity contribution in [3.8, 4) is 0 Å². The van der Waals surface area contributed by atoms with Gasteiger partial charge in [-0.2, -0.15) is 0 Å². The maximum Gasteiger partial charge on any atom is 0.0967 e. The van der Waals surface area contributed by atoms with E-state index in [1.165, 1.54) is 25.7 Å². The Morgan fingerprint density at radius 3 is 2.73 bits per heavy atom. The Kier molecular flexibility index (Phi) is 6.09. The van der Waals surface area contributed by atoms with Gasteiger partial charge in [0.15, 0.2) is 0 Å². The maximum atomic E-state index is 8.90. The van der Waals surface area contributed by atoms with Gasteiger partial charge in [0, 0.05) is 0 Å². The Morgan fingerprint density at radius 2 is 2.13 bits per heavy atom. The van der Waals surface area contributed by atoms with Crippen LogP contribution in [0.15, 0.2) is 22.7 Å². The standard InChI is InChI=1S/C12H19NOS/c1-2-3-4-5-6-8-11(13-14)12-9-7-10-15-12/h7,9-10,14H,2-6,8H2,1H3/b13-11-. The van der Waals surface area contributed by atoms with Crippen molar-refractivity contribution < 1.29 is 5.21 Å². The molecule has 0 saturated heterocycles. The Hall–Kier alpha value is -0.830. The van der Waals surface area contributed by atoms with E-state index in [9.17, 15) is 0 Å². The third kappa shape index (κ3) is 4.47. The lowest BCUT2D eigenvalue weighted by Gasteiger charge is -2.01. The summed E-state index contributed by atoms with van der Waals surface area (Å²) in [6.45, 7) is 2.21. The smallest absolute Gasteiger partial charge is 0.0967 e. The SMILES string of the molecule is CCCCCCC/C(=N/O)c1cccs1. The minimum atomic E-state index is 0.835. The van der Waals surface area contributed by atoms with Gasteiger partial charge in [0.1, 0.15) is 0 Å². The van der Waals surface area contributed by atoms with E-state index in [2.05, 4.69) is 12.1 Å². The maximum absolute atomic E-state index is 8.90. The molecule has 0 saturated carbocycles. The van der Waals surface area contributed by atoms with Gasteiger partial charge in [-0.25, -0.2) is 0 Å². The third-order valence-electron chi connectivity index (χ3n) is 2.44. The lowest BCUT2D eigenvalue weighted by molar-refractivity contribution is 0.318. The number of nitrogens with zero attached hydrogens (tertiary/aromatic N) is 1. The van der Waals surface area contributed by atoms with Crippen molar-refractivity contribution in [3.05, 3.63) is 22.4 Å². The molecule has 0 bridgehead atoms. The van der Waals surface area contributed by atoms with Crippen LogP contribution in [0.3, 0.4) is 0 Å². The normalized spacial score (nSPS) is 11.9. The second-order valence-electron chi connectivity index (χ2n) is 3.69. The average Bonchev–Trinajstić information content (AvgIpc) is 2.77. The van der Waals surface area contributed by atoms with Crippen molar-refractivity contribution in [1.82, 2.24) is 0 Å². The van der Waals surface area contributed by atoms with E-state index < -0.39 is 0 Å². The first-order valence-corrected chi connectivity index (χ1v) is 6.51. The molecule has 84 valence electrons. The second kappa shape index (κ2) is 7.46. The van der Waals surface area contributed by atoms with Crippen LogP contribution in [0, 0.1) is 0 Å². The first kappa shape index (κ1) is 12.2. The molecule has 3 heteroatoms. The lowest BCUT2D eigenvalue weighted by atomic mass is 10.1. The first-order valence-electron chi connectivity index (χ1n) is 5.63. The van der Waals surface area contributed by atoms with Gasteiger partial charge in [0.2, 0.25) is 0 Å². The van der Waals surface area contributed by atoms with E-state index in [-0.39, 0.29) is 0 Å². The number of oxime groups is 1.